The highest BCUT2D eigenvalue weighted by atomic mass is 32.1. The van der Waals surface area contributed by atoms with Gasteiger partial charge in [-0.3, -0.25) is 14.4 Å². The molecule has 180 valence electrons. The number of nitrogens with two attached hydrogens (primary N) is 2. The minimum Gasteiger partial charge on any atom is -0.480 e. The molecule has 32 heavy (non-hydrogen) atoms. The third-order valence-electron chi connectivity index (χ3n) is 4.53. The average molecular weight is 474 g/mol. The van der Waals surface area contributed by atoms with E-state index in [9.17, 15) is 19.2 Å². The third kappa shape index (κ3) is 9.21. The number of imidazole rings is 1. The highest BCUT2D eigenvalue weighted by molar-refractivity contribution is 7.80. The number of aliphatic carboxylic acids is 1. The van der Waals surface area contributed by atoms with Crippen LogP contribution in [0, 0.1) is 0 Å². The molecule has 0 aliphatic rings. The number of nitrogens with zero attached hydrogens (tertiary/aromatic N) is 1. The Hall–Kier alpha value is -2.68. The number of rotatable bonds is 15. The summed E-state index contributed by atoms with van der Waals surface area (Å²) in [6.45, 7) is -0.349. The summed E-state index contributed by atoms with van der Waals surface area (Å²) in [7, 11) is 0. The number of carbonyl (C=O) groups excluding carboxylic acids is 3. The van der Waals surface area contributed by atoms with Crippen LogP contribution in [0.5, 0.6) is 0 Å². The fraction of sp³-hybridized carbons (Fsp3) is 0.611. The molecule has 13 nitrogen and oxygen atoms in total. The number of amides is 3. The summed E-state index contributed by atoms with van der Waals surface area (Å²) in [6.07, 6.45) is 4.54. The maximum absolute atomic E-state index is 12.7. The van der Waals surface area contributed by atoms with Gasteiger partial charge in [0.15, 0.2) is 0 Å². The SMILES string of the molecule is NCCCCC(N)C(=O)NC(CS)C(=O)NC(Cc1cnc[nH]1)C(=O)NC(CO)C(=O)O. The Bertz CT molecular complexity index is 748. The van der Waals surface area contributed by atoms with Crippen molar-refractivity contribution in [3.8, 4) is 0 Å². The molecule has 0 bridgehead atoms. The summed E-state index contributed by atoms with van der Waals surface area (Å²) >= 11 is 4.08. The van der Waals surface area contributed by atoms with Crippen molar-refractivity contribution in [3.63, 3.8) is 0 Å². The molecule has 0 saturated heterocycles. The maximum Gasteiger partial charge on any atom is 0.328 e. The van der Waals surface area contributed by atoms with Gasteiger partial charge in [-0.1, -0.05) is 6.42 Å². The molecule has 14 heteroatoms. The lowest BCUT2D eigenvalue weighted by Gasteiger charge is -2.24. The molecule has 4 atom stereocenters. The molecule has 0 aliphatic heterocycles. The molecule has 0 saturated carbocycles. The van der Waals surface area contributed by atoms with E-state index < -0.39 is 54.5 Å². The van der Waals surface area contributed by atoms with E-state index in [0.717, 1.165) is 0 Å². The zero-order valence-corrected chi connectivity index (χ0v) is 18.4. The van der Waals surface area contributed by atoms with Crippen LogP contribution in [0.15, 0.2) is 12.5 Å². The van der Waals surface area contributed by atoms with Crippen molar-refractivity contribution in [2.45, 2.75) is 49.9 Å². The summed E-state index contributed by atoms with van der Waals surface area (Å²) in [5, 5.41) is 25.3. The zero-order valence-electron chi connectivity index (χ0n) is 17.5. The summed E-state index contributed by atoms with van der Waals surface area (Å²) in [4.78, 5) is 55.3. The van der Waals surface area contributed by atoms with Crippen LogP contribution in [0.4, 0.5) is 0 Å². The molecule has 1 heterocycles. The Balaban J connectivity index is 2.84. The number of carbonyl (C=O) groups is 4. The van der Waals surface area contributed by atoms with Crippen LogP contribution in [0.2, 0.25) is 0 Å². The first-order valence-electron chi connectivity index (χ1n) is 10.0. The van der Waals surface area contributed by atoms with Crippen LogP contribution in [-0.4, -0.2) is 86.9 Å². The number of hydrogen-bond donors (Lipinski definition) is 9. The van der Waals surface area contributed by atoms with E-state index in [2.05, 4.69) is 38.5 Å². The van der Waals surface area contributed by atoms with Crippen molar-refractivity contribution >= 4 is 36.3 Å². The number of thiol groups is 1. The second kappa shape index (κ2) is 14.4. The molecule has 3 amide bonds. The predicted octanol–water partition coefficient (Wildman–Crippen LogP) is -3.13. The van der Waals surface area contributed by atoms with Crippen LogP contribution in [0.1, 0.15) is 25.0 Å². The number of H-pyrrole nitrogens is 1. The minimum atomic E-state index is -1.55. The fourth-order valence-corrected chi connectivity index (χ4v) is 2.93. The second-order valence-corrected chi connectivity index (χ2v) is 7.42. The molecule has 0 spiro atoms. The van der Waals surface area contributed by atoms with E-state index in [4.69, 9.17) is 21.7 Å². The highest BCUT2D eigenvalue weighted by Crippen LogP contribution is 2.03. The van der Waals surface area contributed by atoms with Gasteiger partial charge < -0.3 is 42.6 Å². The molecule has 0 aliphatic carbocycles. The molecule has 0 radical (unpaired) electrons. The Labute approximate surface area is 190 Å². The normalized spacial score (nSPS) is 14.6. The number of unbranched alkanes of at least 4 members (excludes halogenated alkanes) is 1. The summed E-state index contributed by atoms with van der Waals surface area (Å²) < 4.78 is 0. The van der Waals surface area contributed by atoms with Gasteiger partial charge in [0, 0.05) is 24.1 Å². The van der Waals surface area contributed by atoms with E-state index in [1.165, 1.54) is 12.5 Å². The molecular formula is C18H31N7O6S. The van der Waals surface area contributed by atoms with Gasteiger partial charge in [0.25, 0.3) is 0 Å². The van der Waals surface area contributed by atoms with E-state index in [-0.39, 0.29) is 12.2 Å². The first-order valence-corrected chi connectivity index (χ1v) is 10.6. The molecule has 0 fully saturated rings. The topological polar surface area (TPSA) is 226 Å². The van der Waals surface area contributed by atoms with Crippen LogP contribution in [0.25, 0.3) is 0 Å². The van der Waals surface area contributed by atoms with Gasteiger partial charge in [0.05, 0.1) is 19.0 Å². The first-order chi connectivity index (χ1) is 15.2. The smallest absolute Gasteiger partial charge is 0.328 e. The summed E-state index contributed by atoms with van der Waals surface area (Å²) in [5.74, 6) is -3.59. The molecule has 4 unspecified atom stereocenters. The molecule has 1 rings (SSSR count). The van der Waals surface area contributed by atoms with E-state index >= 15 is 0 Å². The van der Waals surface area contributed by atoms with E-state index in [0.29, 0.717) is 31.5 Å². The van der Waals surface area contributed by atoms with Crippen LogP contribution < -0.4 is 27.4 Å². The van der Waals surface area contributed by atoms with Gasteiger partial charge in [-0.25, -0.2) is 9.78 Å². The van der Waals surface area contributed by atoms with Gasteiger partial charge in [-0.15, -0.1) is 0 Å². The summed E-state index contributed by atoms with van der Waals surface area (Å²) in [6, 6.07) is -4.68. The van der Waals surface area contributed by atoms with Crippen molar-refractivity contribution < 1.29 is 29.4 Å². The minimum absolute atomic E-state index is 0.0405. The first kappa shape index (κ1) is 27.4. The Kier molecular flexibility index (Phi) is 12.3. The van der Waals surface area contributed by atoms with Crippen molar-refractivity contribution in [2.24, 2.45) is 11.5 Å². The number of carboxylic acid groups (broad SMARTS) is 1. The number of aromatic nitrogens is 2. The van der Waals surface area contributed by atoms with Crippen molar-refractivity contribution in [1.29, 1.82) is 0 Å². The van der Waals surface area contributed by atoms with Crippen LogP contribution in [-0.2, 0) is 25.6 Å². The highest BCUT2D eigenvalue weighted by Gasteiger charge is 2.30. The van der Waals surface area contributed by atoms with Crippen molar-refractivity contribution in [3.05, 3.63) is 18.2 Å². The van der Waals surface area contributed by atoms with Gasteiger partial charge >= 0.3 is 5.97 Å². The number of aliphatic hydroxyl groups is 1. The lowest BCUT2D eigenvalue weighted by molar-refractivity contribution is -0.143. The lowest BCUT2D eigenvalue weighted by Crippen LogP contribution is -2.58. The van der Waals surface area contributed by atoms with Crippen molar-refractivity contribution in [2.75, 3.05) is 18.9 Å². The van der Waals surface area contributed by atoms with Crippen molar-refractivity contribution in [1.82, 2.24) is 25.9 Å². The second-order valence-electron chi connectivity index (χ2n) is 7.06. The Morgan fingerprint density at radius 2 is 1.69 bits per heavy atom. The Morgan fingerprint density at radius 1 is 1.06 bits per heavy atom. The molecule has 10 N–H and O–H groups in total. The van der Waals surface area contributed by atoms with Crippen LogP contribution >= 0.6 is 12.6 Å². The standard InChI is InChI=1S/C18H31N7O6S/c19-4-2-1-3-11(20)15(27)25-14(8-32)17(29)23-12(5-10-6-21-9-22-10)16(28)24-13(7-26)18(30)31/h6,9,11-14,26,32H,1-5,7-8,19-20H2,(H,21,22)(H,23,29)(H,24,28)(H,25,27)(H,30,31). The number of aromatic amines is 1. The number of aliphatic hydroxyl groups excluding tert-OH is 1. The number of carboxylic acids is 1. The third-order valence-corrected chi connectivity index (χ3v) is 4.90. The lowest BCUT2D eigenvalue weighted by atomic mass is 10.1. The molecule has 1 aromatic heterocycles. The van der Waals surface area contributed by atoms with E-state index in [1.54, 1.807) is 0 Å². The Morgan fingerprint density at radius 3 is 2.22 bits per heavy atom. The van der Waals surface area contributed by atoms with Gasteiger partial charge in [0.1, 0.15) is 18.1 Å². The van der Waals surface area contributed by atoms with Gasteiger partial charge in [0.2, 0.25) is 17.7 Å². The molecule has 1 aromatic rings. The van der Waals surface area contributed by atoms with Gasteiger partial charge in [-0.2, -0.15) is 12.6 Å². The number of hydrogen-bond acceptors (Lipinski definition) is 9. The summed E-state index contributed by atoms with van der Waals surface area (Å²) in [5.41, 5.74) is 11.7. The average Bonchev–Trinajstić information content (AvgIpc) is 3.27. The molecule has 0 aromatic carbocycles. The zero-order chi connectivity index (χ0) is 24.1. The predicted molar refractivity (Wildman–Crippen MR) is 118 cm³/mol. The quantitative estimate of drug-likeness (QED) is 0.0925. The maximum atomic E-state index is 12.7. The monoisotopic (exact) mass is 473 g/mol. The fourth-order valence-electron chi connectivity index (χ4n) is 2.67. The van der Waals surface area contributed by atoms with Gasteiger partial charge in [-0.05, 0) is 19.4 Å². The number of nitrogens with one attached hydrogen (secondary N) is 4. The van der Waals surface area contributed by atoms with E-state index in [1.807, 2.05) is 0 Å². The largest absolute Gasteiger partial charge is 0.480 e. The molecular weight excluding hydrogens is 442 g/mol. The van der Waals surface area contributed by atoms with Crippen LogP contribution in [0.3, 0.4) is 0 Å².